The molecule has 1 amide bonds. The highest BCUT2D eigenvalue weighted by atomic mass is 35.5. The van der Waals surface area contributed by atoms with Crippen molar-refractivity contribution in [1.82, 2.24) is 29.9 Å². The maximum absolute atomic E-state index is 12.3. The summed E-state index contributed by atoms with van der Waals surface area (Å²) in [7, 11) is 2.07. The third kappa shape index (κ3) is 5.03. The zero-order valence-corrected chi connectivity index (χ0v) is 16.2. The molecule has 7 nitrogen and oxygen atoms in total. The van der Waals surface area contributed by atoms with Crippen LogP contribution >= 0.6 is 12.4 Å². The van der Waals surface area contributed by atoms with Gasteiger partial charge < -0.3 is 10.2 Å². The summed E-state index contributed by atoms with van der Waals surface area (Å²) < 4.78 is 1.74. The van der Waals surface area contributed by atoms with Crippen LogP contribution in [0.2, 0.25) is 0 Å². The molecule has 142 valence electrons. The van der Waals surface area contributed by atoms with Gasteiger partial charge in [0.1, 0.15) is 12.7 Å². The quantitative estimate of drug-likeness (QED) is 0.825. The third-order valence-electron chi connectivity index (χ3n) is 4.87. The molecule has 1 aliphatic rings. The molecule has 2 heterocycles. The second-order valence-electron chi connectivity index (χ2n) is 6.47. The van der Waals surface area contributed by atoms with Gasteiger partial charge in [-0.2, -0.15) is 5.10 Å². The Morgan fingerprint density at radius 1 is 1.27 bits per heavy atom. The molecule has 1 aromatic heterocycles. The molecule has 1 unspecified atom stereocenters. The smallest absolute Gasteiger partial charge is 0.223 e. The van der Waals surface area contributed by atoms with E-state index in [4.69, 9.17) is 0 Å². The van der Waals surface area contributed by atoms with Crippen LogP contribution in [0.4, 0.5) is 0 Å². The number of halogens is 1. The lowest BCUT2D eigenvalue weighted by Gasteiger charge is -2.29. The molecule has 1 saturated heterocycles. The predicted molar refractivity (Wildman–Crippen MR) is 104 cm³/mol. The lowest BCUT2D eigenvalue weighted by molar-refractivity contribution is -0.132. The molecule has 1 atom stereocenters. The van der Waals surface area contributed by atoms with Crippen molar-refractivity contribution in [1.29, 1.82) is 0 Å². The summed E-state index contributed by atoms with van der Waals surface area (Å²) in [5.74, 6) is 0.252. The van der Waals surface area contributed by atoms with Crippen LogP contribution in [0, 0.1) is 0 Å². The fourth-order valence-corrected chi connectivity index (χ4v) is 3.04. The van der Waals surface area contributed by atoms with Crippen molar-refractivity contribution >= 4 is 18.3 Å². The molecule has 0 spiro atoms. The van der Waals surface area contributed by atoms with Crippen LogP contribution in [0.15, 0.2) is 36.9 Å². The lowest BCUT2D eigenvalue weighted by Crippen LogP contribution is -2.47. The molecule has 0 bridgehead atoms. The van der Waals surface area contributed by atoms with Gasteiger partial charge in [0.05, 0.1) is 5.69 Å². The van der Waals surface area contributed by atoms with E-state index in [0.717, 1.165) is 38.4 Å². The van der Waals surface area contributed by atoms with E-state index in [1.807, 2.05) is 17.0 Å². The number of nitrogens with one attached hydrogen (secondary N) is 1. The number of carbonyl (C=O) groups is 1. The third-order valence-corrected chi connectivity index (χ3v) is 4.87. The molecule has 1 aliphatic heterocycles. The van der Waals surface area contributed by atoms with Crippen molar-refractivity contribution < 1.29 is 4.79 Å². The fourth-order valence-electron chi connectivity index (χ4n) is 3.04. The topological polar surface area (TPSA) is 66.3 Å². The highest BCUT2D eigenvalue weighted by Crippen LogP contribution is 2.20. The van der Waals surface area contributed by atoms with Gasteiger partial charge in [0.2, 0.25) is 5.91 Å². The van der Waals surface area contributed by atoms with Crippen LogP contribution in [0.3, 0.4) is 0 Å². The van der Waals surface area contributed by atoms with Gasteiger partial charge in [-0.15, -0.1) is 12.4 Å². The molecule has 1 aromatic carbocycles. The first-order valence-corrected chi connectivity index (χ1v) is 8.79. The number of benzene rings is 1. The monoisotopic (exact) mass is 378 g/mol. The highest BCUT2D eigenvalue weighted by molar-refractivity contribution is 5.85. The Balaban J connectivity index is 0.00000243. The van der Waals surface area contributed by atoms with E-state index < -0.39 is 0 Å². The van der Waals surface area contributed by atoms with Crippen molar-refractivity contribution in [2.24, 2.45) is 0 Å². The minimum atomic E-state index is 0. The van der Waals surface area contributed by atoms with Crippen LogP contribution < -0.4 is 5.32 Å². The van der Waals surface area contributed by atoms with E-state index >= 15 is 0 Å². The molecular weight excluding hydrogens is 352 g/mol. The van der Waals surface area contributed by atoms with E-state index in [0.29, 0.717) is 6.42 Å². The van der Waals surface area contributed by atoms with Crippen LogP contribution in [-0.2, 0) is 4.79 Å². The van der Waals surface area contributed by atoms with Gasteiger partial charge in [-0.3, -0.25) is 9.69 Å². The van der Waals surface area contributed by atoms with E-state index in [-0.39, 0.29) is 24.4 Å². The van der Waals surface area contributed by atoms with Gasteiger partial charge in [-0.25, -0.2) is 9.67 Å². The van der Waals surface area contributed by atoms with E-state index in [1.165, 1.54) is 11.9 Å². The molecular formula is C18H27ClN6O. The Morgan fingerprint density at radius 2 is 1.96 bits per heavy atom. The van der Waals surface area contributed by atoms with Gasteiger partial charge in [-0.05, 0) is 31.7 Å². The highest BCUT2D eigenvalue weighted by Gasteiger charge is 2.18. The van der Waals surface area contributed by atoms with Crippen molar-refractivity contribution in [2.45, 2.75) is 19.4 Å². The zero-order chi connectivity index (χ0) is 17.6. The largest absolute Gasteiger partial charge is 0.340 e. The van der Waals surface area contributed by atoms with Crippen molar-refractivity contribution in [3.8, 4) is 5.69 Å². The minimum Gasteiger partial charge on any atom is -0.340 e. The van der Waals surface area contributed by atoms with Crippen LogP contribution in [0.25, 0.3) is 5.69 Å². The van der Waals surface area contributed by atoms with Crippen molar-refractivity contribution in [2.75, 3.05) is 39.8 Å². The Kier molecular flexibility index (Phi) is 7.56. The lowest BCUT2D eigenvalue weighted by atomic mass is 10.1. The second-order valence-corrected chi connectivity index (χ2v) is 6.47. The first-order valence-electron chi connectivity index (χ1n) is 8.79. The normalized spacial score (nSPS) is 15.6. The minimum absolute atomic E-state index is 0. The predicted octanol–water partition coefficient (Wildman–Crippen LogP) is 1.50. The summed E-state index contributed by atoms with van der Waals surface area (Å²) in [5.41, 5.74) is 2.21. The van der Waals surface area contributed by atoms with Crippen LogP contribution in [0.5, 0.6) is 0 Å². The molecule has 0 saturated carbocycles. The standard InChI is InChI=1S/C18H26N6O.ClH/c1-15(16-3-5-17(6-4-16)24-14-20-13-21-24)22(2)10-7-18(25)23-11-8-19-9-12-23;/h3-6,13-15,19H,7-12H2,1-2H3;1H. The second kappa shape index (κ2) is 9.66. The average Bonchev–Trinajstić information content (AvgIpc) is 3.21. The van der Waals surface area contributed by atoms with Gasteiger partial charge >= 0.3 is 0 Å². The molecule has 1 N–H and O–H groups in total. The summed E-state index contributed by atoms with van der Waals surface area (Å²) in [5, 5.41) is 7.41. The molecule has 3 rings (SSSR count). The Labute approximate surface area is 160 Å². The molecule has 0 radical (unpaired) electrons. The number of carbonyl (C=O) groups excluding carboxylic acids is 1. The molecule has 26 heavy (non-hydrogen) atoms. The first-order chi connectivity index (χ1) is 12.1. The molecule has 0 aliphatic carbocycles. The summed E-state index contributed by atoms with van der Waals surface area (Å²) >= 11 is 0. The zero-order valence-electron chi connectivity index (χ0n) is 15.3. The summed E-state index contributed by atoms with van der Waals surface area (Å²) in [6.07, 6.45) is 3.78. The number of hydrogen-bond donors (Lipinski definition) is 1. The Hall–Kier alpha value is -1.96. The Bertz CT molecular complexity index is 669. The van der Waals surface area contributed by atoms with Gasteiger partial charge in [-0.1, -0.05) is 12.1 Å². The van der Waals surface area contributed by atoms with Gasteiger partial charge in [0.25, 0.3) is 0 Å². The number of piperazine rings is 1. The SMILES string of the molecule is CC(c1ccc(-n2cncn2)cc1)N(C)CCC(=O)N1CCNCC1.Cl. The molecule has 1 fully saturated rings. The average molecular weight is 379 g/mol. The number of aromatic nitrogens is 3. The first kappa shape index (κ1) is 20.4. The summed E-state index contributed by atoms with van der Waals surface area (Å²) in [6, 6.07) is 8.55. The van der Waals surface area contributed by atoms with E-state index in [2.05, 4.69) is 46.4 Å². The van der Waals surface area contributed by atoms with Gasteiger partial charge in [0.15, 0.2) is 0 Å². The number of nitrogens with zero attached hydrogens (tertiary/aromatic N) is 5. The maximum Gasteiger partial charge on any atom is 0.223 e. The maximum atomic E-state index is 12.3. The van der Waals surface area contributed by atoms with E-state index in [9.17, 15) is 4.79 Å². The van der Waals surface area contributed by atoms with Crippen molar-refractivity contribution in [3.63, 3.8) is 0 Å². The van der Waals surface area contributed by atoms with Gasteiger partial charge in [0, 0.05) is 45.2 Å². The number of hydrogen-bond acceptors (Lipinski definition) is 5. The molecule has 8 heteroatoms. The Morgan fingerprint density at radius 3 is 2.58 bits per heavy atom. The summed E-state index contributed by atoms with van der Waals surface area (Å²) in [6.45, 7) is 6.37. The fraction of sp³-hybridized carbons (Fsp3) is 0.500. The van der Waals surface area contributed by atoms with Crippen molar-refractivity contribution in [3.05, 3.63) is 42.5 Å². The summed E-state index contributed by atoms with van der Waals surface area (Å²) in [4.78, 5) is 20.4. The molecule has 2 aromatic rings. The van der Waals surface area contributed by atoms with E-state index in [1.54, 1.807) is 11.0 Å². The number of rotatable bonds is 6. The van der Waals surface area contributed by atoms with Crippen LogP contribution in [0.1, 0.15) is 24.9 Å². The number of amides is 1. The van der Waals surface area contributed by atoms with Crippen LogP contribution in [-0.4, -0.2) is 70.2 Å².